The van der Waals surface area contributed by atoms with Crippen LogP contribution in [0.25, 0.3) is 0 Å². The van der Waals surface area contributed by atoms with Gasteiger partial charge in [0, 0.05) is 5.41 Å². The second kappa shape index (κ2) is 4.59. The van der Waals surface area contributed by atoms with Crippen LogP contribution in [0.3, 0.4) is 0 Å². The van der Waals surface area contributed by atoms with Crippen molar-refractivity contribution in [1.82, 2.24) is 0 Å². The van der Waals surface area contributed by atoms with Crippen LogP contribution >= 0.6 is 11.6 Å². The molecule has 0 fully saturated rings. The fourth-order valence-corrected chi connectivity index (χ4v) is 1.75. The Bertz CT molecular complexity index is 434. The van der Waals surface area contributed by atoms with E-state index in [1.54, 1.807) is 39.0 Å². The molecule has 0 saturated carbocycles. The average molecular weight is 255 g/mol. The summed E-state index contributed by atoms with van der Waals surface area (Å²) >= 11 is 5.41. The normalized spacial score (nSPS) is 15.1. The number of benzene rings is 1. The predicted octanol–water partition coefficient (Wildman–Crippen LogP) is 2.25. The van der Waals surface area contributed by atoms with E-state index in [9.17, 15) is 14.7 Å². The third kappa shape index (κ3) is 2.56. The lowest BCUT2D eigenvalue weighted by Gasteiger charge is -2.29. The van der Waals surface area contributed by atoms with Crippen molar-refractivity contribution in [1.29, 1.82) is 0 Å². The lowest BCUT2D eigenvalue weighted by Crippen LogP contribution is -2.47. The molecule has 4 heteroatoms. The lowest BCUT2D eigenvalue weighted by atomic mass is 9.77. The monoisotopic (exact) mass is 254 g/mol. The summed E-state index contributed by atoms with van der Waals surface area (Å²) in [6.07, 6.45) is 0. The molecule has 92 valence electrons. The first-order chi connectivity index (χ1) is 7.70. The summed E-state index contributed by atoms with van der Waals surface area (Å²) in [4.78, 5) is 23.6. The number of hydrogen-bond donors (Lipinski definition) is 1. The van der Waals surface area contributed by atoms with Crippen molar-refractivity contribution in [3.8, 4) is 0 Å². The minimum Gasteiger partial charge on any atom is -0.370 e. The first kappa shape index (κ1) is 13.9. The summed E-state index contributed by atoms with van der Waals surface area (Å²) < 4.78 is 0. The predicted molar refractivity (Wildman–Crippen MR) is 65.7 cm³/mol. The quantitative estimate of drug-likeness (QED) is 0.665. The van der Waals surface area contributed by atoms with Gasteiger partial charge >= 0.3 is 0 Å². The second-order valence-corrected chi connectivity index (χ2v) is 5.27. The molecule has 0 amide bonds. The molecule has 0 heterocycles. The summed E-state index contributed by atoms with van der Waals surface area (Å²) in [6, 6.07) is 8.00. The summed E-state index contributed by atoms with van der Waals surface area (Å²) in [5.41, 5.74) is -2.95. The zero-order valence-electron chi connectivity index (χ0n) is 10.0. The second-order valence-electron chi connectivity index (χ2n) is 4.93. The van der Waals surface area contributed by atoms with Crippen molar-refractivity contribution >= 4 is 22.6 Å². The lowest BCUT2D eigenvalue weighted by molar-refractivity contribution is -0.153. The van der Waals surface area contributed by atoms with Crippen LogP contribution in [0.1, 0.15) is 26.3 Å². The van der Waals surface area contributed by atoms with Gasteiger partial charge in [0.2, 0.25) is 5.60 Å². The SMILES string of the molecule is CC(C)(C)C(=O)[C@@](O)(C(=O)Cl)c1ccccc1. The van der Waals surface area contributed by atoms with Crippen LogP contribution < -0.4 is 0 Å². The van der Waals surface area contributed by atoms with Crippen LogP contribution in [-0.4, -0.2) is 16.1 Å². The van der Waals surface area contributed by atoms with Crippen molar-refractivity contribution < 1.29 is 14.7 Å². The average Bonchev–Trinajstić information content (AvgIpc) is 2.26. The number of carbonyl (C=O) groups excluding carboxylic acids is 2. The summed E-state index contributed by atoms with van der Waals surface area (Å²) in [5.74, 6) is -0.615. The Balaban J connectivity index is 3.35. The van der Waals surface area contributed by atoms with E-state index in [0.29, 0.717) is 0 Å². The highest BCUT2D eigenvalue weighted by atomic mass is 35.5. The van der Waals surface area contributed by atoms with E-state index in [1.807, 2.05) is 0 Å². The first-order valence-corrected chi connectivity index (χ1v) is 5.61. The standard InChI is InChI=1S/C13H15ClO3/c1-12(2,3)10(15)13(17,11(14)16)9-7-5-4-6-8-9/h4-8,17H,1-3H3/t13-/m1/s1. The highest BCUT2D eigenvalue weighted by molar-refractivity contribution is 6.67. The fourth-order valence-electron chi connectivity index (χ4n) is 1.56. The molecule has 17 heavy (non-hydrogen) atoms. The Hall–Kier alpha value is -1.19. The minimum atomic E-state index is -2.28. The number of rotatable bonds is 3. The smallest absolute Gasteiger partial charge is 0.265 e. The molecule has 0 spiro atoms. The third-order valence-electron chi connectivity index (χ3n) is 2.49. The molecular formula is C13H15ClO3. The largest absolute Gasteiger partial charge is 0.370 e. The van der Waals surface area contributed by atoms with Gasteiger partial charge in [0.25, 0.3) is 5.24 Å². The zero-order chi connectivity index (χ0) is 13.3. The summed E-state index contributed by atoms with van der Waals surface area (Å²) in [6.45, 7) is 4.88. The Morgan fingerprint density at radius 1 is 1.12 bits per heavy atom. The molecule has 3 nitrogen and oxygen atoms in total. The first-order valence-electron chi connectivity index (χ1n) is 5.23. The molecule has 1 atom stereocenters. The molecular weight excluding hydrogens is 240 g/mol. The Labute approximate surface area is 105 Å². The van der Waals surface area contributed by atoms with Gasteiger partial charge in [0.15, 0.2) is 5.78 Å². The van der Waals surface area contributed by atoms with Crippen LogP contribution in [0.5, 0.6) is 0 Å². The Morgan fingerprint density at radius 3 is 1.94 bits per heavy atom. The molecule has 0 radical (unpaired) electrons. The van der Waals surface area contributed by atoms with Gasteiger partial charge in [-0.25, -0.2) is 0 Å². The number of ketones is 1. The van der Waals surface area contributed by atoms with Crippen molar-refractivity contribution in [2.45, 2.75) is 26.4 Å². The maximum Gasteiger partial charge on any atom is 0.265 e. The molecule has 0 aliphatic carbocycles. The number of hydrogen-bond acceptors (Lipinski definition) is 3. The molecule has 0 bridgehead atoms. The van der Waals surface area contributed by atoms with E-state index < -0.39 is 22.0 Å². The maximum atomic E-state index is 12.2. The van der Waals surface area contributed by atoms with E-state index >= 15 is 0 Å². The van der Waals surface area contributed by atoms with E-state index in [-0.39, 0.29) is 5.56 Å². The molecule has 0 aliphatic heterocycles. The van der Waals surface area contributed by atoms with E-state index in [2.05, 4.69) is 0 Å². The van der Waals surface area contributed by atoms with E-state index in [0.717, 1.165) is 0 Å². The molecule has 0 unspecified atom stereocenters. The van der Waals surface area contributed by atoms with Gasteiger partial charge in [-0.05, 0) is 17.2 Å². The van der Waals surface area contributed by atoms with Gasteiger partial charge in [0.05, 0.1) is 0 Å². The highest BCUT2D eigenvalue weighted by Crippen LogP contribution is 2.33. The van der Waals surface area contributed by atoms with E-state index in [4.69, 9.17) is 11.6 Å². The molecule has 1 aromatic rings. The topological polar surface area (TPSA) is 54.4 Å². The van der Waals surface area contributed by atoms with Gasteiger partial charge < -0.3 is 5.11 Å². The van der Waals surface area contributed by atoms with Gasteiger partial charge in [-0.3, -0.25) is 9.59 Å². The molecule has 1 rings (SSSR count). The van der Waals surface area contributed by atoms with Crippen molar-refractivity contribution in [3.05, 3.63) is 35.9 Å². The number of Topliss-reactive ketones (excluding diaryl/α,β-unsaturated/α-hetero) is 1. The van der Waals surface area contributed by atoms with Crippen molar-refractivity contribution in [3.63, 3.8) is 0 Å². The van der Waals surface area contributed by atoms with Gasteiger partial charge in [-0.1, -0.05) is 51.1 Å². The van der Waals surface area contributed by atoms with Crippen LogP contribution in [0.15, 0.2) is 30.3 Å². The Kier molecular flexibility index (Phi) is 3.74. The molecule has 0 aliphatic rings. The molecule has 1 aromatic carbocycles. The summed E-state index contributed by atoms with van der Waals surface area (Å²) in [7, 11) is 0. The number of carbonyl (C=O) groups is 2. The molecule has 0 aromatic heterocycles. The highest BCUT2D eigenvalue weighted by Gasteiger charge is 2.48. The van der Waals surface area contributed by atoms with Crippen LogP contribution in [-0.2, 0) is 15.2 Å². The number of halogens is 1. The third-order valence-corrected chi connectivity index (χ3v) is 2.76. The zero-order valence-corrected chi connectivity index (χ0v) is 10.8. The fraction of sp³-hybridized carbons (Fsp3) is 0.385. The van der Waals surface area contributed by atoms with Gasteiger partial charge in [0.1, 0.15) is 0 Å². The number of aliphatic hydroxyl groups is 1. The molecule has 1 N–H and O–H groups in total. The van der Waals surface area contributed by atoms with E-state index in [1.165, 1.54) is 12.1 Å². The maximum absolute atomic E-state index is 12.2. The van der Waals surface area contributed by atoms with Crippen molar-refractivity contribution in [2.75, 3.05) is 0 Å². The summed E-state index contributed by atoms with van der Waals surface area (Å²) in [5, 5.41) is 9.25. The van der Waals surface area contributed by atoms with Crippen LogP contribution in [0, 0.1) is 5.41 Å². The van der Waals surface area contributed by atoms with Crippen molar-refractivity contribution in [2.24, 2.45) is 5.41 Å². The molecule has 0 saturated heterocycles. The van der Waals surface area contributed by atoms with Gasteiger partial charge in [-0.15, -0.1) is 0 Å². The Morgan fingerprint density at radius 2 is 1.59 bits per heavy atom. The minimum absolute atomic E-state index is 0.194. The van der Waals surface area contributed by atoms with Crippen LogP contribution in [0.4, 0.5) is 0 Å². The van der Waals surface area contributed by atoms with Crippen LogP contribution in [0.2, 0.25) is 0 Å². The van der Waals surface area contributed by atoms with Gasteiger partial charge in [-0.2, -0.15) is 0 Å².